The van der Waals surface area contributed by atoms with Gasteiger partial charge in [0.2, 0.25) is 11.8 Å². The first kappa shape index (κ1) is 15.7. The van der Waals surface area contributed by atoms with Crippen LogP contribution in [0.3, 0.4) is 0 Å². The SMILES string of the molecule is Cn1cc(CN(C(=O)C2CCN(C(=O)C3CC3)CC2)C2CC2)cn1. The predicted octanol–water partition coefficient (Wildman–Crippen LogP) is 1.56. The van der Waals surface area contributed by atoms with Crippen LogP contribution in [-0.2, 0) is 23.2 Å². The maximum atomic E-state index is 13.0. The number of hydrogen-bond acceptors (Lipinski definition) is 3. The number of amides is 2. The third-order valence-electron chi connectivity index (χ3n) is 5.46. The molecule has 0 N–H and O–H groups in total. The van der Waals surface area contributed by atoms with E-state index in [1.807, 2.05) is 24.3 Å². The lowest BCUT2D eigenvalue weighted by Crippen LogP contribution is -2.45. The smallest absolute Gasteiger partial charge is 0.226 e. The minimum absolute atomic E-state index is 0.0746. The second-order valence-corrected chi connectivity index (χ2v) is 7.59. The summed E-state index contributed by atoms with van der Waals surface area (Å²) < 4.78 is 1.78. The molecule has 2 amide bonds. The molecule has 24 heavy (non-hydrogen) atoms. The Morgan fingerprint density at radius 2 is 1.83 bits per heavy atom. The lowest BCUT2D eigenvalue weighted by molar-refractivity contribution is -0.142. The molecule has 0 spiro atoms. The molecule has 0 atom stereocenters. The Labute approximate surface area is 142 Å². The van der Waals surface area contributed by atoms with Crippen LogP contribution in [0.25, 0.3) is 0 Å². The van der Waals surface area contributed by atoms with Crippen molar-refractivity contribution in [2.45, 2.75) is 51.1 Å². The van der Waals surface area contributed by atoms with Gasteiger partial charge in [0.15, 0.2) is 0 Å². The van der Waals surface area contributed by atoms with Gasteiger partial charge in [-0.1, -0.05) is 0 Å². The lowest BCUT2D eigenvalue weighted by atomic mass is 9.94. The number of hydrogen-bond donors (Lipinski definition) is 0. The summed E-state index contributed by atoms with van der Waals surface area (Å²) in [6, 6.07) is 0.406. The van der Waals surface area contributed by atoms with Crippen molar-refractivity contribution in [2.24, 2.45) is 18.9 Å². The standard InChI is InChI=1S/C18H26N4O2/c1-20-11-13(10-19-20)12-22(16-4-5-16)18(24)15-6-8-21(9-7-15)17(23)14-2-3-14/h10-11,14-16H,2-9,12H2,1H3. The lowest BCUT2D eigenvalue weighted by Gasteiger charge is -2.34. The molecule has 130 valence electrons. The zero-order valence-electron chi connectivity index (χ0n) is 14.4. The maximum absolute atomic E-state index is 13.0. The number of nitrogens with zero attached hydrogens (tertiary/aromatic N) is 4. The van der Waals surface area contributed by atoms with Gasteiger partial charge in [-0.25, -0.2) is 0 Å². The van der Waals surface area contributed by atoms with Crippen LogP contribution in [0.5, 0.6) is 0 Å². The summed E-state index contributed by atoms with van der Waals surface area (Å²) in [5, 5.41) is 4.21. The van der Waals surface area contributed by atoms with Crippen LogP contribution >= 0.6 is 0 Å². The molecule has 4 rings (SSSR count). The molecule has 1 aromatic rings. The average molecular weight is 330 g/mol. The Kier molecular flexibility index (Phi) is 4.06. The highest BCUT2D eigenvalue weighted by Crippen LogP contribution is 2.34. The van der Waals surface area contributed by atoms with Gasteiger partial charge in [0, 0.05) is 56.3 Å². The van der Waals surface area contributed by atoms with Gasteiger partial charge in [-0.3, -0.25) is 14.3 Å². The van der Waals surface area contributed by atoms with Gasteiger partial charge in [0.25, 0.3) is 0 Å². The summed E-state index contributed by atoms with van der Waals surface area (Å²) >= 11 is 0. The van der Waals surface area contributed by atoms with Crippen LogP contribution in [0, 0.1) is 11.8 Å². The van der Waals surface area contributed by atoms with Gasteiger partial charge in [-0.15, -0.1) is 0 Å². The summed E-state index contributed by atoms with van der Waals surface area (Å²) in [7, 11) is 1.90. The van der Waals surface area contributed by atoms with Gasteiger partial charge >= 0.3 is 0 Å². The third-order valence-corrected chi connectivity index (χ3v) is 5.46. The van der Waals surface area contributed by atoms with E-state index in [-0.39, 0.29) is 17.7 Å². The van der Waals surface area contributed by atoms with Crippen molar-refractivity contribution in [3.8, 4) is 0 Å². The molecule has 6 nitrogen and oxygen atoms in total. The van der Waals surface area contributed by atoms with Crippen LogP contribution in [-0.4, -0.2) is 50.5 Å². The van der Waals surface area contributed by atoms with Gasteiger partial charge in [0.05, 0.1) is 6.20 Å². The molecular weight excluding hydrogens is 304 g/mol. The van der Waals surface area contributed by atoms with Crippen LogP contribution in [0.15, 0.2) is 12.4 Å². The van der Waals surface area contributed by atoms with E-state index in [0.717, 1.165) is 57.2 Å². The fourth-order valence-electron chi connectivity index (χ4n) is 3.69. The summed E-state index contributed by atoms with van der Waals surface area (Å²) in [4.78, 5) is 29.2. The van der Waals surface area contributed by atoms with Gasteiger partial charge in [0.1, 0.15) is 0 Å². The molecule has 0 aromatic carbocycles. The van der Waals surface area contributed by atoms with Crippen LogP contribution in [0.2, 0.25) is 0 Å². The molecule has 1 saturated heterocycles. The number of carbonyl (C=O) groups is 2. The minimum atomic E-state index is 0.0746. The van der Waals surface area contributed by atoms with Crippen molar-refractivity contribution < 1.29 is 9.59 Å². The Morgan fingerprint density at radius 1 is 1.12 bits per heavy atom. The number of likely N-dealkylation sites (tertiary alicyclic amines) is 1. The average Bonchev–Trinajstić information content (AvgIpc) is 3.50. The van der Waals surface area contributed by atoms with Crippen LogP contribution in [0.1, 0.15) is 44.1 Å². The van der Waals surface area contributed by atoms with E-state index in [1.54, 1.807) is 4.68 Å². The first-order chi connectivity index (χ1) is 11.6. The summed E-state index contributed by atoms with van der Waals surface area (Å²) in [6.45, 7) is 2.16. The van der Waals surface area contributed by atoms with E-state index in [4.69, 9.17) is 0 Å². The first-order valence-corrected chi connectivity index (χ1v) is 9.18. The number of piperidine rings is 1. The Bertz CT molecular complexity index is 625. The summed E-state index contributed by atoms with van der Waals surface area (Å²) in [5.74, 6) is 0.950. The molecule has 1 aromatic heterocycles. The Balaban J connectivity index is 1.35. The number of rotatable bonds is 5. The topological polar surface area (TPSA) is 58.4 Å². The highest BCUT2D eigenvalue weighted by molar-refractivity contribution is 5.82. The number of aryl methyl sites for hydroxylation is 1. The molecule has 2 aliphatic carbocycles. The maximum Gasteiger partial charge on any atom is 0.226 e. The van der Waals surface area contributed by atoms with Crippen molar-refractivity contribution in [1.29, 1.82) is 0 Å². The highest BCUT2D eigenvalue weighted by Gasteiger charge is 2.39. The molecule has 0 unspecified atom stereocenters. The molecule has 3 fully saturated rings. The molecule has 3 aliphatic rings. The van der Waals surface area contributed by atoms with Gasteiger partial charge in [-0.05, 0) is 38.5 Å². The second kappa shape index (κ2) is 6.22. The highest BCUT2D eigenvalue weighted by atomic mass is 16.2. The molecular formula is C18H26N4O2. The van der Waals surface area contributed by atoms with Crippen LogP contribution in [0.4, 0.5) is 0 Å². The Morgan fingerprint density at radius 3 is 2.38 bits per heavy atom. The molecule has 0 radical (unpaired) electrons. The quantitative estimate of drug-likeness (QED) is 0.823. The van der Waals surface area contributed by atoms with E-state index in [0.29, 0.717) is 18.5 Å². The van der Waals surface area contributed by atoms with Crippen molar-refractivity contribution in [2.75, 3.05) is 13.1 Å². The summed E-state index contributed by atoms with van der Waals surface area (Å²) in [5.41, 5.74) is 1.10. The molecule has 0 bridgehead atoms. The largest absolute Gasteiger partial charge is 0.342 e. The zero-order valence-corrected chi connectivity index (χ0v) is 14.4. The predicted molar refractivity (Wildman–Crippen MR) is 88.8 cm³/mol. The van der Waals surface area contributed by atoms with Crippen molar-refractivity contribution in [3.05, 3.63) is 18.0 Å². The molecule has 1 aliphatic heterocycles. The fraction of sp³-hybridized carbons (Fsp3) is 0.722. The van der Waals surface area contributed by atoms with E-state index in [1.165, 1.54) is 0 Å². The monoisotopic (exact) mass is 330 g/mol. The third kappa shape index (κ3) is 3.32. The number of aromatic nitrogens is 2. The van der Waals surface area contributed by atoms with E-state index in [9.17, 15) is 9.59 Å². The van der Waals surface area contributed by atoms with E-state index < -0.39 is 0 Å². The van der Waals surface area contributed by atoms with Crippen molar-refractivity contribution >= 4 is 11.8 Å². The van der Waals surface area contributed by atoms with E-state index >= 15 is 0 Å². The molecule has 2 heterocycles. The van der Waals surface area contributed by atoms with Gasteiger partial charge < -0.3 is 9.80 Å². The normalized spacial score (nSPS) is 21.8. The number of carbonyl (C=O) groups excluding carboxylic acids is 2. The molecule has 6 heteroatoms. The molecule has 2 saturated carbocycles. The summed E-state index contributed by atoms with van der Waals surface area (Å²) in [6.07, 6.45) is 9.80. The first-order valence-electron chi connectivity index (χ1n) is 9.18. The van der Waals surface area contributed by atoms with E-state index in [2.05, 4.69) is 10.00 Å². The van der Waals surface area contributed by atoms with Gasteiger partial charge in [-0.2, -0.15) is 5.10 Å². The zero-order chi connectivity index (χ0) is 16.7. The minimum Gasteiger partial charge on any atom is -0.342 e. The second-order valence-electron chi connectivity index (χ2n) is 7.59. The van der Waals surface area contributed by atoms with Crippen molar-refractivity contribution in [3.63, 3.8) is 0 Å². The van der Waals surface area contributed by atoms with Crippen LogP contribution < -0.4 is 0 Å². The fourth-order valence-corrected chi connectivity index (χ4v) is 3.69. The Hall–Kier alpha value is -1.85. The van der Waals surface area contributed by atoms with Crippen molar-refractivity contribution in [1.82, 2.24) is 19.6 Å².